The Balaban J connectivity index is 2.78. The molecule has 0 spiro atoms. The number of halogens is 1. The molecule has 1 rings (SSSR count). The van der Waals surface area contributed by atoms with Crippen molar-refractivity contribution in [2.45, 2.75) is 32.2 Å². The van der Waals surface area contributed by atoms with E-state index in [1.54, 1.807) is 32.0 Å². The minimum Gasteiger partial charge on any atom is -0.354 e. The Morgan fingerprint density at radius 1 is 1.37 bits per heavy atom. The fourth-order valence-electron chi connectivity index (χ4n) is 1.73. The SMILES string of the molecule is C[C@@H](CNC(=O)C(C)(C)c1ccccc1F)N(C)C. The molecule has 0 unspecified atom stereocenters. The summed E-state index contributed by atoms with van der Waals surface area (Å²) in [5.74, 6) is -0.505. The third kappa shape index (κ3) is 3.77. The van der Waals surface area contributed by atoms with Gasteiger partial charge >= 0.3 is 0 Å². The molecule has 3 nitrogen and oxygen atoms in total. The number of nitrogens with zero attached hydrogens (tertiary/aromatic N) is 1. The molecular formula is C15H23FN2O. The summed E-state index contributed by atoms with van der Waals surface area (Å²) < 4.78 is 13.8. The highest BCUT2D eigenvalue weighted by Crippen LogP contribution is 2.25. The Morgan fingerprint density at radius 3 is 2.47 bits per heavy atom. The average molecular weight is 266 g/mol. The molecule has 106 valence electrons. The number of carbonyl (C=O) groups is 1. The maximum Gasteiger partial charge on any atom is 0.230 e. The van der Waals surface area contributed by atoms with Crippen molar-refractivity contribution in [3.05, 3.63) is 35.6 Å². The molecule has 0 bridgehead atoms. The van der Waals surface area contributed by atoms with Crippen molar-refractivity contribution in [3.63, 3.8) is 0 Å². The summed E-state index contributed by atoms with van der Waals surface area (Å²) in [6.45, 7) is 6.04. The first-order chi connectivity index (χ1) is 8.76. The van der Waals surface area contributed by atoms with Crippen LogP contribution < -0.4 is 5.32 Å². The lowest BCUT2D eigenvalue weighted by Gasteiger charge is -2.27. The summed E-state index contributed by atoms with van der Waals surface area (Å²) in [4.78, 5) is 14.3. The minimum atomic E-state index is -0.878. The van der Waals surface area contributed by atoms with Crippen LogP contribution in [-0.4, -0.2) is 37.5 Å². The van der Waals surface area contributed by atoms with Gasteiger partial charge in [-0.25, -0.2) is 4.39 Å². The highest BCUT2D eigenvalue weighted by molar-refractivity contribution is 5.87. The van der Waals surface area contributed by atoms with E-state index in [-0.39, 0.29) is 17.8 Å². The third-order valence-corrected chi connectivity index (χ3v) is 3.55. The molecule has 4 heteroatoms. The number of benzene rings is 1. The topological polar surface area (TPSA) is 32.3 Å². The molecular weight excluding hydrogens is 243 g/mol. The normalized spacial score (nSPS) is 13.4. The first-order valence-corrected chi connectivity index (χ1v) is 6.46. The first kappa shape index (κ1) is 15.6. The second kappa shape index (κ2) is 6.15. The Morgan fingerprint density at radius 2 is 1.95 bits per heavy atom. The Hall–Kier alpha value is -1.42. The summed E-state index contributed by atoms with van der Waals surface area (Å²) in [5, 5.41) is 2.88. The zero-order chi connectivity index (χ0) is 14.6. The van der Waals surface area contributed by atoms with E-state index in [0.717, 1.165) is 0 Å². The minimum absolute atomic E-state index is 0.161. The van der Waals surface area contributed by atoms with Crippen LogP contribution in [0.15, 0.2) is 24.3 Å². The maximum atomic E-state index is 13.8. The number of likely N-dealkylation sites (N-methyl/N-ethyl adjacent to an activating group) is 1. The lowest BCUT2D eigenvalue weighted by Crippen LogP contribution is -2.45. The number of amides is 1. The van der Waals surface area contributed by atoms with Crippen LogP contribution in [0.1, 0.15) is 26.3 Å². The predicted molar refractivity (Wildman–Crippen MR) is 75.6 cm³/mol. The summed E-state index contributed by atoms with van der Waals surface area (Å²) >= 11 is 0. The number of rotatable bonds is 5. The van der Waals surface area contributed by atoms with Crippen LogP contribution in [0.3, 0.4) is 0 Å². The van der Waals surface area contributed by atoms with E-state index >= 15 is 0 Å². The molecule has 1 atom stereocenters. The highest BCUT2D eigenvalue weighted by Gasteiger charge is 2.32. The molecule has 19 heavy (non-hydrogen) atoms. The van der Waals surface area contributed by atoms with Crippen LogP contribution >= 0.6 is 0 Å². The molecule has 0 heterocycles. The van der Waals surface area contributed by atoms with Gasteiger partial charge < -0.3 is 10.2 Å². The standard InChI is InChI=1S/C15H23FN2O/c1-11(18(4)5)10-17-14(19)15(2,3)12-8-6-7-9-13(12)16/h6-9,11H,10H2,1-5H3,(H,17,19)/t11-/m0/s1. The second-order valence-corrected chi connectivity index (χ2v) is 5.63. The summed E-state index contributed by atoms with van der Waals surface area (Å²) in [6, 6.07) is 6.65. The molecule has 0 aromatic heterocycles. The average Bonchev–Trinajstić information content (AvgIpc) is 2.35. The fraction of sp³-hybridized carbons (Fsp3) is 0.533. The smallest absolute Gasteiger partial charge is 0.230 e. The van der Waals surface area contributed by atoms with E-state index in [1.807, 2.05) is 25.9 Å². The number of nitrogens with one attached hydrogen (secondary N) is 1. The van der Waals surface area contributed by atoms with Crippen molar-refractivity contribution in [2.75, 3.05) is 20.6 Å². The van der Waals surface area contributed by atoms with Crippen LogP contribution in [0.4, 0.5) is 4.39 Å². The molecule has 0 aliphatic carbocycles. The third-order valence-electron chi connectivity index (χ3n) is 3.55. The van der Waals surface area contributed by atoms with E-state index in [2.05, 4.69) is 5.32 Å². The van der Waals surface area contributed by atoms with E-state index < -0.39 is 5.41 Å². The molecule has 1 aromatic rings. The van der Waals surface area contributed by atoms with Gasteiger partial charge in [0.2, 0.25) is 5.91 Å². The Bertz CT molecular complexity index is 444. The second-order valence-electron chi connectivity index (χ2n) is 5.63. The zero-order valence-corrected chi connectivity index (χ0v) is 12.3. The van der Waals surface area contributed by atoms with Gasteiger partial charge in [-0.15, -0.1) is 0 Å². The summed E-state index contributed by atoms with van der Waals surface area (Å²) in [6.07, 6.45) is 0. The van der Waals surface area contributed by atoms with E-state index in [0.29, 0.717) is 12.1 Å². The number of hydrogen-bond acceptors (Lipinski definition) is 2. The van der Waals surface area contributed by atoms with Gasteiger partial charge in [0, 0.05) is 18.2 Å². The molecule has 0 radical (unpaired) electrons. The van der Waals surface area contributed by atoms with Crippen molar-refractivity contribution in [2.24, 2.45) is 0 Å². The molecule has 1 N–H and O–H groups in total. The molecule has 1 aromatic carbocycles. The molecule has 0 aliphatic heterocycles. The van der Waals surface area contributed by atoms with Gasteiger partial charge in [-0.3, -0.25) is 4.79 Å². The fourth-order valence-corrected chi connectivity index (χ4v) is 1.73. The lowest BCUT2D eigenvalue weighted by atomic mass is 9.83. The molecule has 0 saturated heterocycles. The summed E-state index contributed by atoms with van der Waals surface area (Å²) in [7, 11) is 3.91. The van der Waals surface area contributed by atoms with Gasteiger partial charge in [0.15, 0.2) is 0 Å². The van der Waals surface area contributed by atoms with Gasteiger partial charge in [0.25, 0.3) is 0 Å². The van der Waals surface area contributed by atoms with Gasteiger partial charge in [0.05, 0.1) is 5.41 Å². The maximum absolute atomic E-state index is 13.8. The van der Waals surface area contributed by atoms with Crippen LogP contribution in [-0.2, 0) is 10.2 Å². The molecule has 1 amide bonds. The molecule has 0 aliphatic rings. The lowest BCUT2D eigenvalue weighted by molar-refractivity contribution is -0.125. The van der Waals surface area contributed by atoms with Crippen molar-refractivity contribution in [3.8, 4) is 0 Å². The van der Waals surface area contributed by atoms with Crippen molar-refractivity contribution >= 4 is 5.91 Å². The summed E-state index contributed by atoms with van der Waals surface area (Å²) in [5.41, 5.74) is -0.456. The van der Waals surface area contributed by atoms with Crippen LogP contribution in [0.25, 0.3) is 0 Å². The Labute approximate surface area is 114 Å². The van der Waals surface area contributed by atoms with Gasteiger partial charge in [-0.05, 0) is 40.9 Å². The van der Waals surface area contributed by atoms with Crippen molar-refractivity contribution in [1.29, 1.82) is 0 Å². The van der Waals surface area contributed by atoms with Crippen LogP contribution in [0, 0.1) is 5.82 Å². The van der Waals surface area contributed by atoms with Gasteiger partial charge in [-0.2, -0.15) is 0 Å². The van der Waals surface area contributed by atoms with Gasteiger partial charge in [-0.1, -0.05) is 18.2 Å². The van der Waals surface area contributed by atoms with E-state index in [4.69, 9.17) is 0 Å². The van der Waals surface area contributed by atoms with E-state index in [9.17, 15) is 9.18 Å². The Kier molecular flexibility index (Phi) is 5.06. The first-order valence-electron chi connectivity index (χ1n) is 6.46. The van der Waals surface area contributed by atoms with Crippen LogP contribution in [0.5, 0.6) is 0 Å². The van der Waals surface area contributed by atoms with Crippen LogP contribution in [0.2, 0.25) is 0 Å². The van der Waals surface area contributed by atoms with Gasteiger partial charge in [0.1, 0.15) is 5.82 Å². The van der Waals surface area contributed by atoms with Crippen molar-refractivity contribution in [1.82, 2.24) is 10.2 Å². The largest absolute Gasteiger partial charge is 0.354 e. The molecule has 0 saturated carbocycles. The van der Waals surface area contributed by atoms with Crippen molar-refractivity contribution < 1.29 is 9.18 Å². The highest BCUT2D eigenvalue weighted by atomic mass is 19.1. The van der Waals surface area contributed by atoms with E-state index in [1.165, 1.54) is 6.07 Å². The monoisotopic (exact) mass is 266 g/mol. The predicted octanol–water partition coefficient (Wildman–Crippen LogP) is 2.17. The number of hydrogen-bond donors (Lipinski definition) is 1. The molecule has 0 fully saturated rings. The number of carbonyl (C=O) groups excluding carboxylic acids is 1. The zero-order valence-electron chi connectivity index (χ0n) is 12.3. The quantitative estimate of drug-likeness (QED) is 0.886.